The highest BCUT2D eigenvalue weighted by molar-refractivity contribution is 5.77. The SMILES string of the molecule is COCCN(C)C(=O)COCC(=O)OC. The van der Waals surface area contributed by atoms with Crippen LogP contribution in [0.25, 0.3) is 0 Å². The molecule has 1 amide bonds. The Morgan fingerprint density at radius 2 is 1.87 bits per heavy atom. The van der Waals surface area contributed by atoms with Gasteiger partial charge in [-0.2, -0.15) is 0 Å². The van der Waals surface area contributed by atoms with Crippen molar-refractivity contribution >= 4 is 11.9 Å². The lowest BCUT2D eigenvalue weighted by molar-refractivity contribution is -0.148. The number of nitrogens with zero attached hydrogens (tertiary/aromatic N) is 1. The molecule has 6 heteroatoms. The van der Waals surface area contributed by atoms with Crippen molar-refractivity contribution in [1.82, 2.24) is 4.90 Å². The molecular formula is C9H17NO5. The van der Waals surface area contributed by atoms with Gasteiger partial charge >= 0.3 is 5.97 Å². The van der Waals surface area contributed by atoms with E-state index in [9.17, 15) is 9.59 Å². The number of rotatable bonds is 7. The summed E-state index contributed by atoms with van der Waals surface area (Å²) in [5.41, 5.74) is 0. The van der Waals surface area contributed by atoms with Gasteiger partial charge in [-0.25, -0.2) is 4.79 Å². The third-order valence-electron chi connectivity index (χ3n) is 1.73. The fraction of sp³-hybridized carbons (Fsp3) is 0.778. The number of esters is 1. The highest BCUT2D eigenvalue weighted by Gasteiger charge is 2.09. The van der Waals surface area contributed by atoms with Crippen LogP contribution in [0.15, 0.2) is 0 Å². The second kappa shape index (κ2) is 8.19. The highest BCUT2D eigenvalue weighted by atomic mass is 16.6. The van der Waals surface area contributed by atoms with Crippen LogP contribution in [0.5, 0.6) is 0 Å². The summed E-state index contributed by atoms with van der Waals surface area (Å²) in [7, 11) is 4.47. The van der Waals surface area contributed by atoms with E-state index in [4.69, 9.17) is 9.47 Å². The van der Waals surface area contributed by atoms with Crippen LogP contribution in [0.3, 0.4) is 0 Å². The molecular weight excluding hydrogens is 202 g/mol. The molecule has 0 aromatic rings. The maximum Gasteiger partial charge on any atom is 0.331 e. The summed E-state index contributed by atoms with van der Waals surface area (Å²) < 4.78 is 14.0. The summed E-state index contributed by atoms with van der Waals surface area (Å²) in [6, 6.07) is 0. The van der Waals surface area contributed by atoms with E-state index in [1.807, 2.05) is 0 Å². The summed E-state index contributed by atoms with van der Waals surface area (Å²) in [6.07, 6.45) is 0. The van der Waals surface area contributed by atoms with E-state index < -0.39 is 5.97 Å². The molecule has 0 unspecified atom stereocenters. The zero-order valence-corrected chi connectivity index (χ0v) is 9.32. The second-order valence-electron chi connectivity index (χ2n) is 2.88. The van der Waals surface area contributed by atoms with Gasteiger partial charge in [-0.1, -0.05) is 0 Å². The van der Waals surface area contributed by atoms with Crippen molar-refractivity contribution in [3.63, 3.8) is 0 Å². The molecule has 0 aromatic heterocycles. The number of carbonyl (C=O) groups excluding carboxylic acids is 2. The Balaban J connectivity index is 3.59. The molecule has 0 aliphatic carbocycles. The molecule has 0 heterocycles. The van der Waals surface area contributed by atoms with Crippen molar-refractivity contribution in [1.29, 1.82) is 0 Å². The highest BCUT2D eigenvalue weighted by Crippen LogP contribution is 1.87. The van der Waals surface area contributed by atoms with Gasteiger partial charge in [0.1, 0.15) is 13.2 Å². The van der Waals surface area contributed by atoms with Crippen molar-refractivity contribution in [2.24, 2.45) is 0 Å². The normalized spacial score (nSPS) is 9.80. The van der Waals surface area contributed by atoms with E-state index in [0.717, 1.165) is 0 Å². The average molecular weight is 219 g/mol. The Hall–Kier alpha value is -1.14. The third kappa shape index (κ3) is 6.87. The van der Waals surface area contributed by atoms with Crippen LogP contribution in [0.1, 0.15) is 0 Å². The van der Waals surface area contributed by atoms with Crippen molar-refractivity contribution in [3.05, 3.63) is 0 Å². The molecule has 0 fully saturated rings. The monoisotopic (exact) mass is 219 g/mol. The molecule has 0 spiro atoms. The molecule has 0 N–H and O–H groups in total. The first-order chi connectivity index (χ1) is 7.11. The maximum atomic E-state index is 11.3. The van der Waals surface area contributed by atoms with Crippen molar-refractivity contribution in [2.45, 2.75) is 0 Å². The minimum absolute atomic E-state index is 0.130. The van der Waals surface area contributed by atoms with Crippen LogP contribution in [0.2, 0.25) is 0 Å². The first-order valence-corrected chi connectivity index (χ1v) is 4.49. The minimum atomic E-state index is -0.498. The Labute approximate surface area is 89.1 Å². The fourth-order valence-electron chi connectivity index (χ4n) is 0.744. The largest absolute Gasteiger partial charge is 0.467 e. The minimum Gasteiger partial charge on any atom is -0.467 e. The van der Waals surface area contributed by atoms with E-state index in [0.29, 0.717) is 13.2 Å². The van der Waals surface area contributed by atoms with Crippen molar-refractivity contribution < 1.29 is 23.8 Å². The fourth-order valence-corrected chi connectivity index (χ4v) is 0.744. The van der Waals surface area contributed by atoms with Crippen LogP contribution < -0.4 is 0 Å². The molecule has 0 bridgehead atoms. The van der Waals surface area contributed by atoms with E-state index in [2.05, 4.69) is 4.74 Å². The molecule has 15 heavy (non-hydrogen) atoms. The summed E-state index contributed by atoms with van der Waals surface area (Å²) >= 11 is 0. The van der Waals surface area contributed by atoms with Gasteiger partial charge in [-0.15, -0.1) is 0 Å². The standard InChI is InChI=1S/C9H17NO5/c1-10(4-5-13-2)8(11)6-15-7-9(12)14-3/h4-7H2,1-3H3. The molecule has 0 rings (SSSR count). The smallest absolute Gasteiger partial charge is 0.331 e. The number of hydrogen-bond acceptors (Lipinski definition) is 5. The molecule has 6 nitrogen and oxygen atoms in total. The van der Waals surface area contributed by atoms with Gasteiger partial charge in [0.25, 0.3) is 0 Å². The first kappa shape index (κ1) is 13.9. The van der Waals surface area contributed by atoms with Gasteiger partial charge in [0, 0.05) is 20.7 Å². The Kier molecular flexibility index (Phi) is 7.57. The van der Waals surface area contributed by atoms with Crippen LogP contribution in [0, 0.1) is 0 Å². The number of carbonyl (C=O) groups is 2. The average Bonchev–Trinajstić information content (AvgIpc) is 2.25. The first-order valence-electron chi connectivity index (χ1n) is 4.49. The van der Waals surface area contributed by atoms with E-state index in [1.165, 1.54) is 12.0 Å². The number of ether oxygens (including phenoxy) is 3. The second-order valence-corrected chi connectivity index (χ2v) is 2.88. The third-order valence-corrected chi connectivity index (χ3v) is 1.73. The number of amides is 1. The van der Waals surface area contributed by atoms with Crippen LogP contribution >= 0.6 is 0 Å². The molecule has 0 aromatic carbocycles. The Morgan fingerprint density at radius 3 is 2.40 bits per heavy atom. The van der Waals surface area contributed by atoms with Gasteiger partial charge < -0.3 is 19.1 Å². The Bertz CT molecular complexity index is 207. The van der Waals surface area contributed by atoms with E-state index >= 15 is 0 Å². The van der Waals surface area contributed by atoms with Crippen LogP contribution in [0.4, 0.5) is 0 Å². The van der Waals surface area contributed by atoms with Crippen LogP contribution in [-0.2, 0) is 23.8 Å². The van der Waals surface area contributed by atoms with Crippen molar-refractivity contribution in [3.8, 4) is 0 Å². The summed E-state index contributed by atoms with van der Waals surface area (Å²) in [5, 5.41) is 0. The van der Waals surface area contributed by atoms with Crippen molar-refractivity contribution in [2.75, 3.05) is 47.6 Å². The number of methoxy groups -OCH3 is 2. The summed E-state index contributed by atoms with van der Waals surface area (Å²) in [4.78, 5) is 23.4. The number of likely N-dealkylation sites (N-methyl/N-ethyl adjacent to an activating group) is 1. The zero-order chi connectivity index (χ0) is 11.7. The molecule has 0 atom stereocenters. The van der Waals surface area contributed by atoms with Gasteiger partial charge in [0.2, 0.25) is 5.91 Å². The molecule has 0 aliphatic rings. The summed E-state index contributed by atoms with van der Waals surface area (Å²) in [5.74, 6) is -0.696. The van der Waals surface area contributed by atoms with Gasteiger partial charge in [0.05, 0.1) is 13.7 Å². The predicted molar refractivity (Wildman–Crippen MR) is 52.3 cm³/mol. The lowest BCUT2D eigenvalue weighted by Crippen LogP contribution is -2.33. The van der Waals surface area contributed by atoms with Gasteiger partial charge in [0.15, 0.2) is 0 Å². The van der Waals surface area contributed by atoms with E-state index in [1.54, 1.807) is 14.2 Å². The maximum absolute atomic E-state index is 11.3. The van der Waals surface area contributed by atoms with Gasteiger partial charge in [-0.3, -0.25) is 4.79 Å². The molecule has 0 aliphatic heterocycles. The topological polar surface area (TPSA) is 65.1 Å². The lowest BCUT2D eigenvalue weighted by atomic mass is 10.5. The predicted octanol–water partition coefficient (Wildman–Crippen LogP) is -0.719. The quantitative estimate of drug-likeness (QED) is 0.529. The number of hydrogen-bond donors (Lipinski definition) is 0. The molecule has 0 saturated heterocycles. The van der Waals surface area contributed by atoms with Crippen LogP contribution in [-0.4, -0.2) is 64.4 Å². The van der Waals surface area contributed by atoms with E-state index in [-0.39, 0.29) is 19.1 Å². The molecule has 88 valence electrons. The summed E-state index contributed by atoms with van der Waals surface area (Å²) in [6.45, 7) is 0.631. The van der Waals surface area contributed by atoms with Gasteiger partial charge in [-0.05, 0) is 0 Å². The Morgan fingerprint density at radius 1 is 1.20 bits per heavy atom. The lowest BCUT2D eigenvalue weighted by Gasteiger charge is -2.16. The molecule has 0 radical (unpaired) electrons. The zero-order valence-electron chi connectivity index (χ0n) is 9.32. The molecule has 0 saturated carbocycles.